The van der Waals surface area contributed by atoms with Crippen LogP contribution in [0, 0.1) is 0 Å². The summed E-state index contributed by atoms with van der Waals surface area (Å²) in [7, 11) is -3.28. The Morgan fingerprint density at radius 3 is 2.77 bits per heavy atom. The van der Waals surface area contributed by atoms with Crippen LogP contribution in [-0.2, 0) is 10.0 Å². The summed E-state index contributed by atoms with van der Waals surface area (Å²) in [5, 5.41) is 2.98. The molecule has 22 heavy (non-hydrogen) atoms. The van der Waals surface area contributed by atoms with Crippen LogP contribution in [-0.4, -0.2) is 26.6 Å². The molecule has 0 bridgehead atoms. The summed E-state index contributed by atoms with van der Waals surface area (Å²) in [5.41, 5.74) is 1.20. The number of carbonyl (C=O) groups is 1. The first-order chi connectivity index (χ1) is 10.5. The summed E-state index contributed by atoms with van der Waals surface area (Å²) < 4.78 is 30.1. The fraction of sp³-hybridized carbons (Fsp3) is 0.214. The lowest BCUT2D eigenvalue weighted by molar-refractivity contribution is 0.102. The minimum atomic E-state index is -3.28. The molecule has 0 unspecified atom stereocenters. The summed E-state index contributed by atoms with van der Waals surface area (Å²) in [6, 6.07) is 6.27. The summed E-state index contributed by atoms with van der Waals surface area (Å²) >= 11 is 6.07. The Kier molecular flexibility index (Phi) is 3.84. The molecule has 1 N–H and O–H groups in total. The number of benzene rings is 1. The molecule has 6 nitrogen and oxygen atoms in total. The standard InChI is InChI=1S/C14H13ClN2O4S/c15-12-3-2-11(17-5-1-7-22(17,19)20)8-13(12)16-14(18)10-4-6-21-9-10/h2-4,6,8-9H,1,5,7H2,(H,16,18). The number of hydrogen-bond donors (Lipinski definition) is 1. The van der Waals surface area contributed by atoms with Crippen LogP contribution in [0.5, 0.6) is 0 Å². The van der Waals surface area contributed by atoms with Crippen LogP contribution in [0.15, 0.2) is 41.2 Å². The van der Waals surface area contributed by atoms with Gasteiger partial charge in [-0.2, -0.15) is 0 Å². The molecule has 1 aromatic heterocycles. The van der Waals surface area contributed by atoms with E-state index in [0.29, 0.717) is 34.9 Å². The predicted octanol–water partition coefficient (Wildman–Crippen LogP) is 2.73. The molecule has 0 spiro atoms. The Morgan fingerprint density at radius 1 is 1.32 bits per heavy atom. The number of rotatable bonds is 3. The van der Waals surface area contributed by atoms with Gasteiger partial charge in [0.25, 0.3) is 5.91 Å². The van der Waals surface area contributed by atoms with Gasteiger partial charge in [-0.25, -0.2) is 8.42 Å². The number of nitrogens with zero attached hydrogens (tertiary/aromatic N) is 1. The monoisotopic (exact) mass is 340 g/mol. The highest BCUT2D eigenvalue weighted by Crippen LogP contribution is 2.31. The minimum Gasteiger partial charge on any atom is -0.472 e. The Hall–Kier alpha value is -1.99. The molecule has 1 aliphatic rings. The maximum absolute atomic E-state index is 12.0. The number of carbonyl (C=O) groups excluding carboxylic acids is 1. The van der Waals surface area contributed by atoms with Gasteiger partial charge in [0, 0.05) is 6.54 Å². The van der Waals surface area contributed by atoms with E-state index in [1.807, 2.05) is 0 Å². The van der Waals surface area contributed by atoms with Crippen LogP contribution in [0.4, 0.5) is 11.4 Å². The highest BCUT2D eigenvalue weighted by molar-refractivity contribution is 7.93. The zero-order chi connectivity index (χ0) is 15.7. The molecule has 1 aliphatic heterocycles. The van der Waals surface area contributed by atoms with Crippen molar-refractivity contribution < 1.29 is 17.6 Å². The van der Waals surface area contributed by atoms with Gasteiger partial charge in [0.2, 0.25) is 10.0 Å². The zero-order valence-electron chi connectivity index (χ0n) is 11.5. The van der Waals surface area contributed by atoms with E-state index in [1.165, 1.54) is 22.9 Å². The first-order valence-electron chi connectivity index (χ1n) is 6.61. The van der Waals surface area contributed by atoms with Gasteiger partial charge < -0.3 is 9.73 Å². The van der Waals surface area contributed by atoms with Gasteiger partial charge in [-0.3, -0.25) is 9.10 Å². The number of amides is 1. The zero-order valence-corrected chi connectivity index (χ0v) is 13.0. The molecule has 1 amide bonds. The lowest BCUT2D eigenvalue weighted by Crippen LogP contribution is -2.25. The molecule has 0 radical (unpaired) electrons. The van der Waals surface area contributed by atoms with Crippen molar-refractivity contribution in [3.8, 4) is 0 Å². The van der Waals surface area contributed by atoms with Crippen LogP contribution in [0.25, 0.3) is 0 Å². The fourth-order valence-corrected chi connectivity index (χ4v) is 4.00. The molecule has 8 heteroatoms. The van der Waals surface area contributed by atoms with E-state index in [2.05, 4.69) is 5.32 Å². The SMILES string of the molecule is O=C(Nc1cc(N2CCCS2(=O)=O)ccc1Cl)c1ccoc1. The molecule has 2 heterocycles. The number of furan rings is 1. The summed E-state index contributed by atoms with van der Waals surface area (Å²) in [6.45, 7) is 0.430. The molecule has 0 atom stereocenters. The molecule has 2 aromatic rings. The van der Waals surface area contributed by atoms with Crippen LogP contribution < -0.4 is 9.62 Å². The fourth-order valence-electron chi connectivity index (χ4n) is 2.28. The van der Waals surface area contributed by atoms with Crippen LogP contribution in [0.1, 0.15) is 16.8 Å². The summed E-state index contributed by atoms with van der Waals surface area (Å²) in [6.07, 6.45) is 3.30. The minimum absolute atomic E-state index is 0.131. The molecule has 3 rings (SSSR count). The molecular formula is C14H13ClN2O4S. The van der Waals surface area contributed by atoms with Crippen molar-refractivity contribution in [1.29, 1.82) is 0 Å². The van der Waals surface area contributed by atoms with Gasteiger partial charge in [-0.05, 0) is 30.7 Å². The quantitative estimate of drug-likeness (QED) is 0.931. The van der Waals surface area contributed by atoms with E-state index in [-0.39, 0.29) is 11.7 Å². The largest absolute Gasteiger partial charge is 0.472 e. The molecular weight excluding hydrogens is 328 g/mol. The third-order valence-corrected chi connectivity index (χ3v) is 5.57. The van der Waals surface area contributed by atoms with Crippen LogP contribution in [0.2, 0.25) is 5.02 Å². The van der Waals surface area contributed by atoms with Crippen molar-refractivity contribution in [2.24, 2.45) is 0 Å². The lowest BCUT2D eigenvalue weighted by atomic mass is 10.2. The first-order valence-corrected chi connectivity index (χ1v) is 8.59. The second kappa shape index (κ2) is 5.66. The molecule has 1 aromatic carbocycles. The molecule has 0 aliphatic carbocycles. The highest BCUT2D eigenvalue weighted by atomic mass is 35.5. The Morgan fingerprint density at radius 2 is 2.14 bits per heavy atom. The van der Waals surface area contributed by atoms with E-state index < -0.39 is 10.0 Å². The van der Waals surface area contributed by atoms with Gasteiger partial charge >= 0.3 is 0 Å². The summed E-state index contributed by atoms with van der Waals surface area (Å²) in [4.78, 5) is 12.0. The maximum Gasteiger partial charge on any atom is 0.258 e. The molecule has 0 saturated carbocycles. The average molecular weight is 341 g/mol. The smallest absolute Gasteiger partial charge is 0.258 e. The third-order valence-electron chi connectivity index (χ3n) is 3.37. The topological polar surface area (TPSA) is 79.6 Å². The Bertz CT molecular complexity index is 802. The normalized spacial score (nSPS) is 16.7. The van der Waals surface area contributed by atoms with Crippen molar-refractivity contribution in [3.63, 3.8) is 0 Å². The van der Waals surface area contributed by atoms with E-state index >= 15 is 0 Å². The second-order valence-corrected chi connectivity index (χ2v) is 7.29. The van der Waals surface area contributed by atoms with Crippen LogP contribution >= 0.6 is 11.6 Å². The molecule has 1 fully saturated rings. The number of sulfonamides is 1. The lowest BCUT2D eigenvalue weighted by Gasteiger charge is -2.18. The number of anilines is 2. The Balaban J connectivity index is 1.89. The van der Waals surface area contributed by atoms with Crippen molar-refractivity contribution >= 4 is 38.9 Å². The molecule has 1 saturated heterocycles. The van der Waals surface area contributed by atoms with Crippen LogP contribution in [0.3, 0.4) is 0 Å². The van der Waals surface area contributed by atoms with Gasteiger partial charge in [-0.1, -0.05) is 11.6 Å². The second-order valence-electron chi connectivity index (χ2n) is 4.87. The number of nitrogens with one attached hydrogen (secondary N) is 1. The maximum atomic E-state index is 12.0. The highest BCUT2D eigenvalue weighted by Gasteiger charge is 2.28. The van der Waals surface area contributed by atoms with E-state index in [1.54, 1.807) is 18.2 Å². The van der Waals surface area contributed by atoms with Crippen molar-refractivity contribution in [2.45, 2.75) is 6.42 Å². The first kappa shape index (κ1) is 14.9. The van der Waals surface area contributed by atoms with Gasteiger partial charge in [-0.15, -0.1) is 0 Å². The Labute approximate surface area is 132 Å². The number of hydrogen-bond acceptors (Lipinski definition) is 4. The predicted molar refractivity (Wildman–Crippen MR) is 83.9 cm³/mol. The van der Waals surface area contributed by atoms with Crippen molar-refractivity contribution in [3.05, 3.63) is 47.4 Å². The van der Waals surface area contributed by atoms with Gasteiger partial charge in [0.1, 0.15) is 6.26 Å². The van der Waals surface area contributed by atoms with E-state index in [4.69, 9.17) is 16.0 Å². The van der Waals surface area contributed by atoms with Gasteiger partial charge in [0.15, 0.2) is 0 Å². The van der Waals surface area contributed by atoms with E-state index in [9.17, 15) is 13.2 Å². The van der Waals surface area contributed by atoms with Crippen molar-refractivity contribution in [1.82, 2.24) is 0 Å². The third kappa shape index (κ3) is 2.82. The summed E-state index contributed by atoms with van der Waals surface area (Å²) in [5.74, 6) is -0.246. The average Bonchev–Trinajstić information content (AvgIpc) is 3.10. The molecule has 116 valence electrons. The van der Waals surface area contributed by atoms with E-state index in [0.717, 1.165) is 0 Å². The van der Waals surface area contributed by atoms with Crippen molar-refractivity contribution in [2.75, 3.05) is 21.9 Å². The van der Waals surface area contributed by atoms with Gasteiger partial charge in [0.05, 0.1) is 34.0 Å². The number of halogens is 1.